The van der Waals surface area contributed by atoms with Crippen LogP contribution in [0.1, 0.15) is 37.8 Å². The Labute approximate surface area is 127 Å². The van der Waals surface area contributed by atoms with Crippen LogP contribution in [0.4, 0.5) is 0 Å². The molecule has 0 aromatic heterocycles. The Morgan fingerprint density at radius 3 is 2.86 bits per heavy atom. The Morgan fingerprint density at radius 1 is 1.38 bits per heavy atom. The van der Waals surface area contributed by atoms with E-state index in [1.54, 1.807) is 7.11 Å². The van der Waals surface area contributed by atoms with Gasteiger partial charge in [0.1, 0.15) is 12.4 Å². The zero-order valence-electron chi connectivity index (χ0n) is 13.3. The summed E-state index contributed by atoms with van der Waals surface area (Å²) < 4.78 is 5.32. The third-order valence-electron chi connectivity index (χ3n) is 3.95. The van der Waals surface area contributed by atoms with Crippen LogP contribution in [0.15, 0.2) is 18.2 Å². The van der Waals surface area contributed by atoms with Gasteiger partial charge >= 0.3 is 0 Å². The van der Waals surface area contributed by atoms with E-state index in [1.807, 2.05) is 6.07 Å². The van der Waals surface area contributed by atoms with Crippen LogP contribution in [0, 0.1) is 17.3 Å². The van der Waals surface area contributed by atoms with E-state index in [1.165, 1.54) is 18.4 Å². The normalized spacial score (nSPS) is 17.9. The SMILES string of the molecule is COc1ccc(CN2CCCC(C)(C)C2)cc1C#CCO. The topological polar surface area (TPSA) is 32.7 Å². The van der Waals surface area contributed by atoms with Gasteiger partial charge in [0, 0.05) is 13.1 Å². The van der Waals surface area contributed by atoms with Gasteiger partial charge in [-0.3, -0.25) is 4.90 Å². The maximum atomic E-state index is 8.86. The van der Waals surface area contributed by atoms with Crippen molar-refractivity contribution in [3.63, 3.8) is 0 Å². The van der Waals surface area contributed by atoms with Gasteiger partial charge in [-0.1, -0.05) is 31.8 Å². The van der Waals surface area contributed by atoms with Crippen molar-refractivity contribution >= 4 is 0 Å². The summed E-state index contributed by atoms with van der Waals surface area (Å²) in [5.74, 6) is 6.42. The number of piperidine rings is 1. The molecule has 1 N–H and O–H groups in total. The number of likely N-dealkylation sites (tertiary alicyclic amines) is 1. The van der Waals surface area contributed by atoms with Crippen LogP contribution in [0.5, 0.6) is 5.75 Å². The van der Waals surface area contributed by atoms with Crippen LogP contribution in [-0.4, -0.2) is 36.8 Å². The first-order valence-corrected chi connectivity index (χ1v) is 7.53. The molecule has 1 saturated heterocycles. The van der Waals surface area contributed by atoms with E-state index in [0.29, 0.717) is 5.41 Å². The van der Waals surface area contributed by atoms with Crippen molar-refractivity contribution in [2.45, 2.75) is 33.2 Å². The van der Waals surface area contributed by atoms with E-state index in [9.17, 15) is 0 Å². The predicted octanol–water partition coefficient (Wildman–Crippen LogP) is 2.66. The lowest BCUT2D eigenvalue weighted by Gasteiger charge is -2.38. The van der Waals surface area contributed by atoms with Gasteiger partial charge < -0.3 is 9.84 Å². The molecule has 0 radical (unpaired) electrons. The van der Waals surface area contributed by atoms with Gasteiger partial charge in [0.15, 0.2) is 0 Å². The minimum absolute atomic E-state index is 0.131. The van der Waals surface area contributed by atoms with Crippen LogP contribution in [0.25, 0.3) is 0 Å². The number of ether oxygens (including phenoxy) is 1. The van der Waals surface area contributed by atoms with Gasteiger partial charge in [0.25, 0.3) is 0 Å². The van der Waals surface area contributed by atoms with Gasteiger partial charge in [-0.2, -0.15) is 0 Å². The summed E-state index contributed by atoms with van der Waals surface area (Å²) >= 11 is 0. The molecule has 0 saturated carbocycles. The Bertz CT molecular complexity index is 540. The molecule has 1 fully saturated rings. The highest BCUT2D eigenvalue weighted by Gasteiger charge is 2.26. The fourth-order valence-electron chi connectivity index (χ4n) is 3.02. The zero-order chi connectivity index (χ0) is 15.3. The number of rotatable bonds is 3. The molecule has 1 heterocycles. The molecule has 2 rings (SSSR count). The van der Waals surface area contributed by atoms with Gasteiger partial charge in [-0.05, 0) is 42.5 Å². The predicted molar refractivity (Wildman–Crippen MR) is 85.2 cm³/mol. The highest BCUT2D eigenvalue weighted by Crippen LogP contribution is 2.29. The number of methoxy groups -OCH3 is 1. The molecule has 3 nitrogen and oxygen atoms in total. The van der Waals surface area contributed by atoms with E-state index in [2.05, 4.69) is 42.7 Å². The molecule has 0 spiro atoms. The van der Waals surface area contributed by atoms with Crippen LogP contribution in [0.2, 0.25) is 0 Å². The molecule has 1 aromatic carbocycles. The van der Waals surface area contributed by atoms with Crippen LogP contribution in [-0.2, 0) is 6.54 Å². The third kappa shape index (κ3) is 4.49. The summed E-state index contributed by atoms with van der Waals surface area (Å²) in [6.07, 6.45) is 2.57. The smallest absolute Gasteiger partial charge is 0.134 e. The van der Waals surface area contributed by atoms with Crippen molar-refractivity contribution in [1.29, 1.82) is 0 Å². The Hall–Kier alpha value is -1.50. The Morgan fingerprint density at radius 2 is 2.19 bits per heavy atom. The molecule has 1 aliphatic heterocycles. The maximum Gasteiger partial charge on any atom is 0.134 e. The first-order valence-electron chi connectivity index (χ1n) is 7.53. The van der Waals surface area contributed by atoms with Crippen molar-refractivity contribution in [2.75, 3.05) is 26.8 Å². The largest absolute Gasteiger partial charge is 0.495 e. The Balaban J connectivity index is 2.13. The van der Waals surface area contributed by atoms with E-state index in [4.69, 9.17) is 9.84 Å². The second kappa shape index (κ2) is 6.98. The fraction of sp³-hybridized carbons (Fsp3) is 0.556. The highest BCUT2D eigenvalue weighted by molar-refractivity contribution is 5.48. The quantitative estimate of drug-likeness (QED) is 0.868. The molecule has 3 heteroatoms. The van der Waals surface area contributed by atoms with Crippen LogP contribution < -0.4 is 4.74 Å². The van der Waals surface area contributed by atoms with Crippen molar-refractivity contribution in [3.8, 4) is 17.6 Å². The van der Waals surface area contributed by atoms with E-state index < -0.39 is 0 Å². The van der Waals surface area contributed by atoms with Crippen molar-refractivity contribution in [1.82, 2.24) is 4.90 Å². The highest BCUT2D eigenvalue weighted by atomic mass is 16.5. The van der Waals surface area contributed by atoms with Crippen molar-refractivity contribution in [3.05, 3.63) is 29.3 Å². The molecule has 114 valence electrons. The average Bonchev–Trinajstić information content (AvgIpc) is 2.44. The van der Waals surface area contributed by atoms with E-state index in [0.717, 1.165) is 30.9 Å². The summed E-state index contributed by atoms with van der Waals surface area (Å²) in [6, 6.07) is 6.14. The molecular formula is C18H25NO2. The third-order valence-corrected chi connectivity index (χ3v) is 3.95. The molecule has 0 bridgehead atoms. The second-order valence-electron chi connectivity index (χ2n) is 6.47. The number of benzene rings is 1. The van der Waals surface area contributed by atoms with Gasteiger partial charge in [0.05, 0.1) is 12.7 Å². The summed E-state index contributed by atoms with van der Waals surface area (Å²) in [5.41, 5.74) is 2.50. The molecule has 0 amide bonds. The first-order chi connectivity index (χ1) is 10.0. The van der Waals surface area contributed by atoms with E-state index in [-0.39, 0.29) is 6.61 Å². The number of aliphatic hydroxyl groups excluding tert-OH is 1. The lowest BCUT2D eigenvalue weighted by Crippen LogP contribution is -2.39. The van der Waals surface area contributed by atoms with Crippen LogP contribution in [0.3, 0.4) is 0 Å². The standard InChI is InChI=1S/C18H25NO2/c1-18(2)9-5-10-19(14-18)13-15-7-8-17(21-3)16(12-15)6-4-11-20/h7-8,12,20H,5,9-11,13-14H2,1-3H3. The molecule has 0 aliphatic carbocycles. The van der Waals surface area contributed by atoms with Gasteiger partial charge in [-0.15, -0.1) is 0 Å². The average molecular weight is 287 g/mol. The summed E-state index contributed by atoms with van der Waals surface area (Å²) in [6.45, 7) is 7.79. The number of hydrogen-bond donors (Lipinski definition) is 1. The van der Waals surface area contributed by atoms with Crippen molar-refractivity contribution in [2.24, 2.45) is 5.41 Å². The summed E-state index contributed by atoms with van der Waals surface area (Å²) in [7, 11) is 1.65. The molecule has 21 heavy (non-hydrogen) atoms. The molecule has 0 atom stereocenters. The maximum absolute atomic E-state index is 8.86. The summed E-state index contributed by atoms with van der Waals surface area (Å²) in [4.78, 5) is 2.51. The van der Waals surface area contributed by atoms with Gasteiger partial charge in [0.2, 0.25) is 0 Å². The second-order valence-corrected chi connectivity index (χ2v) is 6.47. The zero-order valence-corrected chi connectivity index (χ0v) is 13.3. The lowest BCUT2D eigenvalue weighted by molar-refractivity contribution is 0.111. The molecule has 1 aromatic rings. The molecular weight excluding hydrogens is 262 g/mol. The monoisotopic (exact) mass is 287 g/mol. The van der Waals surface area contributed by atoms with E-state index >= 15 is 0 Å². The molecule has 0 unspecified atom stereocenters. The minimum atomic E-state index is -0.131. The fourth-order valence-corrected chi connectivity index (χ4v) is 3.02. The lowest BCUT2D eigenvalue weighted by atomic mass is 9.84. The number of hydrogen-bond acceptors (Lipinski definition) is 3. The number of nitrogens with zero attached hydrogens (tertiary/aromatic N) is 1. The Kier molecular flexibility index (Phi) is 5.27. The molecule has 1 aliphatic rings. The first kappa shape index (κ1) is 15.9. The van der Waals surface area contributed by atoms with Gasteiger partial charge in [-0.25, -0.2) is 0 Å². The minimum Gasteiger partial charge on any atom is -0.495 e. The van der Waals surface area contributed by atoms with Crippen LogP contribution >= 0.6 is 0 Å². The van der Waals surface area contributed by atoms with Crippen molar-refractivity contribution < 1.29 is 9.84 Å². The number of aliphatic hydroxyl groups is 1. The summed E-state index contributed by atoms with van der Waals surface area (Å²) in [5, 5.41) is 8.86.